The lowest BCUT2D eigenvalue weighted by Crippen LogP contribution is -2.52. The molecule has 28 heavy (non-hydrogen) atoms. The van der Waals surface area contributed by atoms with Crippen molar-refractivity contribution >= 4 is 45.5 Å². The lowest BCUT2D eigenvalue weighted by Gasteiger charge is -2.36. The number of rotatable bonds is 7. The van der Waals surface area contributed by atoms with Gasteiger partial charge in [-0.1, -0.05) is 32.0 Å². The molecule has 0 spiro atoms. The summed E-state index contributed by atoms with van der Waals surface area (Å²) < 4.78 is 22.8. The van der Waals surface area contributed by atoms with Crippen molar-refractivity contribution in [1.82, 2.24) is 10.6 Å². The minimum atomic E-state index is -2.94. The number of hydrogen-bond acceptors (Lipinski definition) is 4. The van der Waals surface area contributed by atoms with Gasteiger partial charge < -0.3 is 15.5 Å². The van der Waals surface area contributed by atoms with Crippen LogP contribution in [0.5, 0.6) is 0 Å². The molecule has 1 saturated heterocycles. The third-order valence-electron chi connectivity index (χ3n) is 4.99. The largest absolute Gasteiger partial charge is 0.369 e. The summed E-state index contributed by atoms with van der Waals surface area (Å²) in [6.45, 7) is 6.86. The second kappa shape index (κ2) is 11.2. The maximum Gasteiger partial charge on any atom is 0.191 e. The number of sulfone groups is 1. The van der Waals surface area contributed by atoms with E-state index in [2.05, 4.69) is 58.6 Å². The fraction of sp³-hybridized carbons (Fsp3) is 0.650. The molecule has 1 aromatic rings. The SMILES string of the molecule is CN=C(NCC(C)(C)CCS(C)(=O)=O)NC1CCCN(c2ccccc2)C1.I. The zero-order valence-electron chi connectivity index (χ0n) is 17.4. The smallest absolute Gasteiger partial charge is 0.191 e. The highest BCUT2D eigenvalue weighted by molar-refractivity contribution is 14.0. The molecule has 160 valence electrons. The Morgan fingerprint density at radius 1 is 1.29 bits per heavy atom. The molecule has 1 unspecified atom stereocenters. The molecule has 0 amide bonds. The Hall–Kier alpha value is -1.03. The maximum atomic E-state index is 11.4. The van der Waals surface area contributed by atoms with Gasteiger partial charge in [-0.3, -0.25) is 4.99 Å². The van der Waals surface area contributed by atoms with Gasteiger partial charge in [0.15, 0.2) is 5.96 Å². The number of nitrogens with zero attached hydrogens (tertiary/aromatic N) is 2. The fourth-order valence-electron chi connectivity index (χ4n) is 3.23. The number of piperidine rings is 1. The van der Waals surface area contributed by atoms with E-state index < -0.39 is 9.84 Å². The van der Waals surface area contributed by atoms with Crippen LogP contribution in [0.15, 0.2) is 35.3 Å². The van der Waals surface area contributed by atoms with E-state index in [9.17, 15) is 8.42 Å². The van der Waals surface area contributed by atoms with E-state index in [0.29, 0.717) is 19.0 Å². The molecule has 1 fully saturated rings. The second-order valence-electron chi connectivity index (χ2n) is 8.23. The number of nitrogens with one attached hydrogen (secondary N) is 2. The number of benzene rings is 1. The maximum absolute atomic E-state index is 11.4. The monoisotopic (exact) mass is 522 g/mol. The van der Waals surface area contributed by atoms with Gasteiger partial charge in [0.25, 0.3) is 0 Å². The van der Waals surface area contributed by atoms with Crippen molar-refractivity contribution in [3.63, 3.8) is 0 Å². The third kappa shape index (κ3) is 8.98. The molecule has 8 heteroatoms. The van der Waals surface area contributed by atoms with Gasteiger partial charge in [-0.15, -0.1) is 24.0 Å². The Kier molecular flexibility index (Phi) is 10.0. The molecule has 1 aliphatic rings. The summed E-state index contributed by atoms with van der Waals surface area (Å²) in [5, 5.41) is 6.90. The van der Waals surface area contributed by atoms with Crippen molar-refractivity contribution in [2.24, 2.45) is 10.4 Å². The molecule has 2 rings (SSSR count). The second-order valence-corrected chi connectivity index (χ2v) is 10.5. The molecule has 2 N–H and O–H groups in total. The van der Waals surface area contributed by atoms with E-state index in [1.807, 2.05) is 6.07 Å². The first-order valence-corrected chi connectivity index (χ1v) is 11.7. The fourth-order valence-corrected chi connectivity index (χ4v) is 4.15. The first-order valence-electron chi connectivity index (χ1n) is 9.63. The van der Waals surface area contributed by atoms with Crippen LogP contribution in [0, 0.1) is 5.41 Å². The Morgan fingerprint density at radius 3 is 2.57 bits per heavy atom. The molecule has 1 heterocycles. The zero-order chi connectivity index (χ0) is 19.9. The summed E-state index contributed by atoms with van der Waals surface area (Å²) in [5.41, 5.74) is 1.14. The number of aliphatic imine (C=N–C) groups is 1. The first-order chi connectivity index (χ1) is 12.7. The Labute approximate surface area is 187 Å². The van der Waals surface area contributed by atoms with Crippen molar-refractivity contribution in [3.8, 4) is 0 Å². The van der Waals surface area contributed by atoms with Gasteiger partial charge in [0, 0.05) is 44.7 Å². The Balaban J connectivity index is 0.00000392. The van der Waals surface area contributed by atoms with Crippen molar-refractivity contribution in [3.05, 3.63) is 30.3 Å². The molecule has 1 atom stereocenters. The summed E-state index contributed by atoms with van der Waals surface area (Å²) in [6.07, 6.45) is 4.17. The van der Waals surface area contributed by atoms with Crippen molar-refractivity contribution in [1.29, 1.82) is 0 Å². The van der Waals surface area contributed by atoms with Gasteiger partial charge in [-0.25, -0.2) is 8.42 Å². The topological polar surface area (TPSA) is 73.8 Å². The molecule has 0 radical (unpaired) electrons. The van der Waals surface area contributed by atoms with Crippen LogP contribution < -0.4 is 15.5 Å². The summed E-state index contributed by atoms with van der Waals surface area (Å²) >= 11 is 0. The van der Waals surface area contributed by atoms with E-state index in [0.717, 1.165) is 31.9 Å². The van der Waals surface area contributed by atoms with Crippen LogP contribution in [-0.2, 0) is 9.84 Å². The van der Waals surface area contributed by atoms with Crippen LogP contribution in [0.3, 0.4) is 0 Å². The normalized spacial score (nSPS) is 18.4. The van der Waals surface area contributed by atoms with Crippen LogP contribution >= 0.6 is 24.0 Å². The van der Waals surface area contributed by atoms with Crippen LogP contribution in [0.1, 0.15) is 33.1 Å². The first kappa shape index (κ1) is 25.0. The van der Waals surface area contributed by atoms with Crippen LogP contribution in [0.4, 0.5) is 5.69 Å². The van der Waals surface area contributed by atoms with E-state index in [1.165, 1.54) is 11.9 Å². The number of anilines is 1. The molecule has 0 aliphatic carbocycles. The number of para-hydroxylation sites is 1. The van der Waals surface area contributed by atoms with Crippen molar-refractivity contribution in [2.45, 2.75) is 39.2 Å². The lowest BCUT2D eigenvalue weighted by molar-refractivity contribution is 0.347. The minimum Gasteiger partial charge on any atom is -0.369 e. The van der Waals surface area contributed by atoms with E-state index in [-0.39, 0.29) is 35.1 Å². The van der Waals surface area contributed by atoms with E-state index in [4.69, 9.17) is 0 Å². The van der Waals surface area contributed by atoms with E-state index in [1.54, 1.807) is 7.05 Å². The molecule has 0 aromatic heterocycles. The summed E-state index contributed by atoms with van der Waals surface area (Å²) in [7, 11) is -1.16. The van der Waals surface area contributed by atoms with Gasteiger partial charge in [0.05, 0.1) is 5.75 Å². The average Bonchev–Trinajstić information content (AvgIpc) is 2.64. The minimum absolute atomic E-state index is 0. The van der Waals surface area contributed by atoms with Crippen LogP contribution in [0.25, 0.3) is 0 Å². The van der Waals surface area contributed by atoms with Gasteiger partial charge in [0.2, 0.25) is 0 Å². The third-order valence-corrected chi connectivity index (χ3v) is 5.94. The molecule has 6 nitrogen and oxygen atoms in total. The predicted octanol–water partition coefficient (Wildman–Crippen LogP) is 2.90. The molecule has 0 saturated carbocycles. The average molecular weight is 522 g/mol. The van der Waals surface area contributed by atoms with E-state index >= 15 is 0 Å². The van der Waals surface area contributed by atoms with Crippen molar-refractivity contribution in [2.75, 3.05) is 43.6 Å². The van der Waals surface area contributed by atoms with Gasteiger partial charge in [0.1, 0.15) is 9.84 Å². The molecule has 0 bridgehead atoms. The number of halogens is 1. The van der Waals surface area contributed by atoms with Gasteiger partial charge >= 0.3 is 0 Å². The zero-order valence-corrected chi connectivity index (χ0v) is 20.6. The highest BCUT2D eigenvalue weighted by atomic mass is 127. The number of hydrogen-bond donors (Lipinski definition) is 2. The number of guanidine groups is 1. The summed E-state index contributed by atoms with van der Waals surface area (Å²) in [6, 6.07) is 10.8. The summed E-state index contributed by atoms with van der Waals surface area (Å²) in [4.78, 5) is 6.76. The summed E-state index contributed by atoms with van der Waals surface area (Å²) in [5.74, 6) is 0.991. The van der Waals surface area contributed by atoms with Gasteiger partial charge in [-0.05, 0) is 36.8 Å². The standard InChI is InChI=1S/C20H34N4O2S.HI/c1-20(2,12-14-27(4,25)26)16-22-19(21-3)23-17-9-8-13-24(15-17)18-10-6-5-7-11-18;/h5-7,10-11,17H,8-9,12-16H2,1-4H3,(H2,21,22,23);1H. The predicted molar refractivity (Wildman–Crippen MR) is 130 cm³/mol. The lowest BCUT2D eigenvalue weighted by atomic mass is 9.90. The Bertz CT molecular complexity index is 723. The van der Waals surface area contributed by atoms with Gasteiger partial charge in [-0.2, -0.15) is 0 Å². The highest BCUT2D eigenvalue weighted by Crippen LogP contribution is 2.21. The highest BCUT2D eigenvalue weighted by Gasteiger charge is 2.23. The Morgan fingerprint density at radius 2 is 1.96 bits per heavy atom. The van der Waals surface area contributed by atoms with Crippen LogP contribution in [0.2, 0.25) is 0 Å². The van der Waals surface area contributed by atoms with Crippen molar-refractivity contribution < 1.29 is 8.42 Å². The molecular formula is C20H35IN4O2S. The molecular weight excluding hydrogens is 487 g/mol. The molecule has 1 aliphatic heterocycles. The van der Waals surface area contributed by atoms with Crippen LogP contribution in [-0.4, -0.2) is 59.1 Å². The quantitative estimate of drug-likeness (QED) is 0.328. The molecule has 1 aromatic carbocycles.